The SMILES string of the molecule is Cc1cc(CCc2ccccc2)nc(N)n1. The number of rotatable bonds is 3. The van der Waals surface area contributed by atoms with Crippen LogP contribution in [0, 0.1) is 6.92 Å². The number of nitrogens with zero attached hydrogens (tertiary/aromatic N) is 2. The third-order valence-electron chi connectivity index (χ3n) is 2.44. The summed E-state index contributed by atoms with van der Waals surface area (Å²) in [5.74, 6) is 0.364. The van der Waals surface area contributed by atoms with Gasteiger partial charge >= 0.3 is 0 Å². The van der Waals surface area contributed by atoms with E-state index in [0.29, 0.717) is 5.95 Å². The van der Waals surface area contributed by atoms with E-state index in [9.17, 15) is 0 Å². The van der Waals surface area contributed by atoms with Crippen LogP contribution in [0.15, 0.2) is 36.4 Å². The minimum atomic E-state index is 0.364. The zero-order valence-electron chi connectivity index (χ0n) is 9.35. The molecule has 0 saturated heterocycles. The van der Waals surface area contributed by atoms with Gasteiger partial charge in [0.05, 0.1) is 0 Å². The Morgan fingerprint density at radius 1 is 1.06 bits per heavy atom. The van der Waals surface area contributed by atoms with Gasteiger partial charge in [-0.3, -0.25) is 0 Å². The first-order valence-electron chi connectivity index (χ1n) is 5.38. The highest BCUT2D eigenvalue weighted by molar-refractivity contribution is 5.23. The van der Waals surface area contributed by atoms with E-state index in [1.54, 1.807) is 0 Å². The molecule has 3 heteroatoms. The van der Waals surface area contributed by atoms with Gasteiger partial charge in [-0.05, 0) is 31.4 Å². The molecule has 2 aromatic rings. The van der Waals surface area contributed by atoms with E-state index in [1.807, 2.05) is 19.1 Å². The number of nitrogen functional groups attached to an aromatic ring is 1. The van der Waals surface area contributed by atoms with Crippen LogP contribution in [0.4, 0.5) is 5.95 Å². The molecule has 0 amide bonds. The van der Waals surface area contributed by atoms with Crippen LogP contribution in [-0.4, -0.2) is 9.97 Å². The lowest BCUT2D eigenvalue weighted by Gasteiger charge is -2.03. The van der Waals surface area contributed by atoms with E-state index < -0.39 is 0 Å². The van der Waals surface area contributed by atoms with Gasteiger partial charge in [-0.25, -0.2) is 9.97 Å². The fourth-order valence-electron chi connectivity index (χ4n) is 1.70. The Labute approximate surface area is 95.4 Å². The average Bonchev–Trinajstić information content (AvgIpc) is 2.27. The Kier molecular flexibility index (Phi) is 3.15. The normalized spacial score (nSPS) is 10.3. The predicted octanol–water partition coefficient (Wildman–Crippen LogP) is 2.15. The van der Waals surface area contributed by atoms with E-state index in [0.717, 1.165) is 24.2 Å². The standard InChI is InChI=1S/C13H15N3/c1-10-9-12(16-13(14)15-10)8-7-11-5-3-2-4-6-11/h2-6,9H,7-8H2,1H3,(H2,14,15,16). The molecule has 1 aromatic carbocycles. The number of hydrogen-bond donors (Lipinski definition) is 1. The molecule has 0 fully saturated rings. The first-order valence-corrected chi connectivity index (χ1v) is 5.38. The average molecular weight is 213 g/mol. The monoisotopic (exact) mass is 213 g/mol. The highest BCUT2D eigenvalue weighted by atomic mass is 15.0. The van der Waals surface area contributed by atoms with Crippen molar-refractivity contribution in [1.29, 1.82) is 0 Å². The summed E-state index contributed by atoms with van der Waals surface area (Å²) in [5, 5.41) is 0. The van der Waals surface area contributed by atoms with E-state index in [1.165, 1.54) is 5.56 Å². The van der Waals surface area contributed by atoms with Crippen molar-refractivity contribution in [3.63, 3.8) is 0 Å². The van der Waals surface area contributed by atoms with Crippen molar-refractivity contribution in [3.8, 4) is 0 Å². The van der Waals surface area contributed by atoms with Gasteiger partial charge in [0.25, 0.3) is 0 Å². The molecular weight excluding hydrogens is 198 g/mol. The van der Waals surface area contributed by atoms with E-state index >= 15 is 0 Å². The van der Waals surface area contributed by atoms with E-state index in [4.69, 9.17) is 5.73 Å². The van der Waals surface area contributed by atoms with E-state index in [-0.39, 0.29) is 0 Å². The Morgan fingerprint density at radius 2 is 1.81 bits per heavy atom. The van der Waals surface area contributed by atoms with Crippen LogP contribution in [0.5, 0.6) is 0 Å². The summed E-state index contributed by atoms with van der Waals surface area (Å²) in [6.07, 6.45) is 1.88. The second kappa shape index (κ2) is 4.75. The van der Waals surface area contributed by atoms with E-state index in [2.05, 4.69) is 34.2 Å². The van der Waals surface area contributed by atoms with Gasteiger partial charge in [0, 0.05) is 11.4 Å². The van der Waals surface area contributed by atoms with Gasteiger partial charge in [0.15, 0.2) is 0 Å². The number of aryl methyl sites for hydroxylation is 3. The van der Waals surface area contributed by atoms with Crippen LogP contribution >= 0.6 is 0 Å². The van der Waals surface area contributed by atoms with Crippen molar-refractivity contribution < 1.29 is 0 Å². The summed E-state index contributed by atoms with van der Waals surface area (Å²) in [6, 6.07) is 12.4. The summed E-state index contributed by atoms with van der Waals surface area (Å²) < 4.78 is 0. The number of anilines is 1. The molecule has 1 heterocycles. The molecule has 0 saturated carbocycles. The molecule has 0 radical (unpaired) electrons. The fraction of sp³-hybridized carbons (Fsp3) is 0.231. The Bertz CT molecular complexity index is 446. The second-order valence-electron chi connectivity index (χ2n) is 3.84. The van der Waals surface area contributed by atoms with Gasteiger partial charge < -0.3 is 5.73 Å². The Hall–Kier alpha value is -1.90. The molecule has 0 aliphatic carbocycles. The molecule has 82 valence electrons. The minimum Gasteiger partial charge on any atom is -0.368 e. The lowest BCUT2D eigenvalue weighted by atomic mass is 10.1. The maximum absolute atomic E-state index is 5.61. The lowest BCUT2D eigenvalue weighted by molar-refractivity contribution is 0.898. The zero-order valence-corrected chi connectivity index (χ0v) is 9.35. The molecule has 3 nitrogen and oxygen atoms in total. The predicted molar refractivity (Wildman–Crippen MR) is 65.0 cm³/mol. The number of nitrogens with two attached hydrogens (primary N) is 1. The number of benzene rings is 1. The van der Waals surface area contributed by atoms with Crippen LogP contribution < -0.4 is 5.73 Å². The molecule has 0 atom stereocenters. The maximum Gasteiger partial charge on any atom is 0.220 e. The molecule has 0 aliphatic heterocycles. The van der Waals surface area contributed by atoms with Crippen molar-refractivity contribution in [2.24, 2.45) is 0 Å². The van der Waals surface area contributed by atoms with Crippen molar-refractivity contribution in [1.82, 2.24) is 9.97 Å². The Morgan fingerprint density at radius 3 is 2.50 bits per heavy atom. The summed E-state index contributed by atoms with van der Waals surface area (Å²) in [4.78, 5) is 8.27. The lowest BCUT2D eigenvalue weighted by Crippen LogP contribution is -2.02. The highest BCUT2D eigenvalue weighted by Crippen LogP contribution is 2.07. The molecule has 0 bridgehead atoms. The maximum atomic E-state index is 5.61. The minimum absolute atomic E-state index is 0.364. The van der Waals surface area contributed by atoms with Crippen molar-refractivity contribution in [3.05, 3.63) is 53.3 Å². The smallest absolute Gasteiger partial charge is 0.220 e. The topological polar surface area (TPSA) is 51.8 Å². The third-order valence-corrected chi connectivity index (χ3v) is 2.44. The van der Waals surface area contributed by atoms with Crippen molar-refractivity contribution >= 4 is 5.95 Å². The Balaban J connectivity index is 2.05. The molecule has 0 spiro atoms. The fourth-order valence-corrected chi connectivity index (χ4v) is 1.70. The summed E-state index contributed by atoms with van der Waals surface area (Å²) in [5.41, 5.74) is 8.86. The number of aromatic nitrogens is 2. The highest BCUT2D eigenvalue weighted by Gasteiger charge is 2.00. The first kappa shape index (κ1) is 10.6. The molecule has 0 unspecified atom stereocenters. The van der Waals surface area contributed by atoms with Crippen molar-refractivity contribution in [2.45, 2.75) is 19.8 Å². The molecule has 1 aromatic heterocycles. The second-order valence-corrected chi connectivity index (χ2v) is 3.84. The van der Waals surface area contributed by atoms with Crippen LogP contribution in [0.25, 0.3) is 0 Å². The van der Waals surface area contributed by atoms with Gasteiger partial charge in [0.1, 0.15) is 0 Å². The largest absolute Gasteiger partial charge is 0.368 e. The summed E-state index contributed by atoms with van der Waals surface area (Å²) in [6.45, 7) is 1.93. The molecule has 16 heavy (non-hydrogen) atoms. The van der Waals surface area contributed by atoms with Gasteiger partial charge in [0.2, 0.25) is 5.95 Å². The molecule has 2 N–H and O–H groups in total. The van der Waals surface area contributed by atoms with Crippen LogP contribution in [0.3, 0.4) is 0 Å². The van der Waals surface area contributed by atoms with Gasteiger partial charge in [-0.1, -0.05) is 30.3 Å². The van der Waals surface area contributed by atoms with Crippen LogP contribution in [0.2, 0.25) is 0 Å². The van der Waals surface area contributed by atoms with Crippen LogP contribution in [0.1, 0.15) is 17.0 Å². The number of hydrogen-bond acceptors (Lipinski definition) is 3. The summed E-state index contributed by atoms with van der Waals surface area (Å²) in [7, 11) is 0. The molecule has 2 rings (SSSR count). The van der Waals surface area contributed by atoms with Gasteiger partial charge in [-0.15, -0.1) is 0 Å². The molecular formula is C13H15N3. The quantitative estimate of drug-likeness (QED) is 0.850. The van der Waals surface area contributed by atoms with Gasteiger partial charge in [-0.2, -0.15) is 0 Å². The van der Waals surface area contributed by atoms with Crippen molar-refractivity contribution in [2.75, 3.05) is 5.73 Å². The summed E-state index contributed by atoms with van der Waals surface area (Å²) >= 11 is 0. The first-order chi connectivity index (χ1) is 7.74. The zero-order chi connectivity index (χ0) is 11.4. The van der Waals surface area contributed by atoms with Crippen LogP contribution in [-0.2, 0) is 12.8 Å². The third kappa shape index (κ3) is 2.79. The molecule has 0 aliphatic rings.